The molecule has 0 amide bonds. The molecule has 1 nitrogen and oxygen atoms in total. The van der Waals surface area contributed by atoms with Gasteiger partial charge in [0.2, 0.25) is 0 Å². The van der Waals surface area contributed by atoms with E-state index in [1.807, 2.05) is 18.2 Å². The maximum atomic E-state index is 6.39. The second kappa shape index (κ2) is 7.64. The number of rotatable bonds is 5. The van der Waals surface area contributed by atoms with Gasteiger partial charge in [0, 0.05) is 14.5 Å². The van der Waals surface area contributed by atoms with Crippen LogP contribution in [0.25, 0.3) is 0 Å². The Morgan fingerprint density at radius 3 is 2.57 bits per heavy atom. The van der Waals surface area contributed by atoms with E-state index >= 15 is 0 Å². The van der Waals surface area contributed by atoms with Crippen molar-refractivity contribution in [3.63, 3.8) is 0 Å². The summed E-state index contributed by atoms with van der Waals surface area (Å²) in [7, 11) is 0. The van der Waals surface area contributed by atoms with E-state index in [-0.39, 0.29) is 6.04 Å². The van der Waals surface area contributed by atoms with E-state index in [1.165, 1.54) is 11.1 Å². The summed E-state index contributed by atoms with van der Waals surface area (Å²) >= 11 is 16.1. The fourth-order valence-corrected chi connectivity index (χ4v) is 3.40. The number of halogens is 3. The number of aryl methyl sites for hydroxylation is 1. The fourth-order valence-electron chi connectivity index (χ4n) is 2.36. The Morgan fingerprint density at radius 1 is 1.14 bits per heavy atom. The topological polar surface area (TPSA) is 12.0 Å². The largest absolute Gasteiger partial charge is 0.306 e. The summed E-state index contributed by atoms with van der Waals surface area (Å²) in [6.07, 6.45) is 1.06. The first-order valence-corrected chi connectivity index (χ1v) is 8.51. The molecule has 2 rings (SSSR count). The molecule has 112 valence electrons. The molecule has 4 heteroatoms. The van der Waals surface area contributed by atoms with E-state index in [1.54, 1.807) is 0 Å². The Kier molecular flexibility index (Phi) is 6.12. The second-order valence-electron chi connectivity index (χ2n) is 5.11. The molecule has 0 radical (unpaired) electrons. The van der Waals surface area contributed by atoms with Crippen molar-refractivity contribution in [1.29, 1.82) is 0 Å². The predicted molar refractivity (Wildman–Crippen MR) is 95.5 cm³/mol. The van der Waals surface area contributed by atoms with Crippen LogP contribution in [0.2, 0.25) is 10.0 Å². The first-order chi connectivity index (χ1) is 10.0. The maximum absolute atomic E-state index is 6.39. The molecule has 21 heavy (non-hydrogen) atoms. The summed E-state index contributed by atoms with van der Waals surface area (Å²) in [6.45, 7) is 5.15. The van der Waals surface area contributed by atoms with Gasteiger partial charge in [-0.15, -0.1) is 0 Å². The molecule has 2 aromatic carbocycles. The number of hydrogen-bond acceptors (Lipinski definition) is 1. The zero-order chi connectivity index (χ0) is 15.4. The van der Waals surface area contributed by atoms with Crippen molar-refractivity contribution in [2.24, 2.45) is 0 Å². The normalized spacial score (nSPS) is 12.4. The lowest BCUT2D eigenvalue weighted by atomic mass is 9.97. The van der Waals surface area contributed by atoms with Crippen LogP contribution in [-0.4, -0.2) is 6.54 Å². The van der Waals surface area contributed by atoms with E-state index in [4.69, 9.17) is 23.2 Å². The maximum Gasteiger partial charge on any atom is 0.0592 e. The third-order valence-corrected chi connectivity index (χ3v) is 4.30. The van der Waals surface area contributed by atoms with Crippen LogP contribution < -0.4 is 5.32 Å². The zero-order valence-corrected chi connectivity index (χ0v) is 15.2. The molecule has 0 saturated heterocycles. The molecule has 0 saturated carbocycles. The van der Waals surface area contributed by atoms with Gasteiger partial charge < -0.3 is 5.32 Å². The van der Waals surface area contributed by atoms with Gasteiger partial charge in [0.25, 0.3) is 0 Å². The Hall–Kier alpha value is -0.540. The molecule has 0 spiro atoms. The van der Waals surface area contributed by atoms with E-state index in [0.29, 0.717) is 5.02 Å². The van der Waals surface area contributed by atoms with Gasteiger partial charge in [-0.05, 0) is 66.9 Å². The number of nitrogens with one attached hydrogen (secondary N) is 1. The molecule has 0 fully saturated rings. The van der Waals surface area contributed by atoms with Crippen LogP contribution in [0.5, 0.6) is 0 Å². The highest BCUT2D eigenvalue weighted by molar-refractivity contribution is 9.10. The molecule has 0 bridgehead atoms. The summed E-state index contributed by atoms with van der Waals surface area (Å²) < 4.78 is 1.07. The van der Waals surface area contributed by atoms with Crippen LogP contribution in [0.4, 0.5) is 0 Å². The van der Waals surface area contributed by atoms with Crippen molar-refractivity contribution in [2.45, 2.75) is 26.3 Å². The highest BCUT2D eigenvalue weighted by Crippen LogP contribution is 2.32. The summed E-state index contributed by atoms with van der Waals surface area (Å²) in [5, 5.41) is 4.99. The minimum Gasteiger partial charge on any atom is -0.306 e. The van der Waals surface area contributed by atoms with E-state index in [0.717, 1.165) is 28.0 Å². The molecule has 0 heterocycles. The molecule has 0 aliphatic heterocycles. The number of hydrogen-bond donors (Lipinski definition) is 1. The van der Waals surface area contributed by atoms with Gasteiger partial charge in [-0.1, -0.05) is 52.1 Å². The first-order valence-electron chi connectivity index (χ1n) is 6.96. The molecule has 1 unspecified atom stereocenters. The minimum absolute atomic E-state index is 0.0346. The molecule has 1 atom stereocenters. The Bertz CT molecular complexity index is 608. The molecule has 1 N–H and O–H groups in total. The number of benzene rings is 2. The molecule has 0 aromatic heterocycles. The third kappa shape index (κ3) is 4.46. The fraction of sp³-hybridized carbons (Fsp3) is 0.294. The van der Waals surface area contributed by atoms with Gasteiger partial charge in [-0.3, -0.25) is 0 Å². The monoisotopic (exact) mass is 385 g/mol. The van der Waals surface area contributed by atoms with Crippen molar-refractivity contribution in [2.75, 3.05) is 6.54 Å². The minimum atomic E-state index is 0.0346. The van der Waals surface area contributed by atoms with Crippen LogP contribution >= 0.6 is 39.1 Å². The average molecular weight is 387 g/mol. The van der Waals surface area contributed by atoms with Gasteiger partial charge in [0.05, 0.1) is 6.04 Å². The summed E-state index contributed by atoms with van der Waals surface area (Å²) in [5.74, 6) is 0. The van der Waals surface area contributed by atoms with Crippen molar-refractivity contribution < 1.29 is 0 Å². The summed E-state index contributed by atoms with van der Waals surface area (Å²) in [5.41, 5.74) is 3.40. The van der Waals surface area contributed by atoms with Crippen LogP contribution in [0.15, 0.2) is 40.9 Å². The van der Waals surface area contributed by atoms with E-state index < -0.39 is 0 Å². The van der Waals surface area contributed by atoms with Crippen molar-refractivity contribution in [3.05, 3.63) is 67.6 Å². The van der Waals surface area contributed by atoms with Crippen molar-refractivity contribution in [1.82, 2.24) is 5.32 Å². The SMILES string of the molecule is CCCNC(c1cc(C)cc(Br)c1)c1cc(Cl)ccc1Cl. The summed E-state index contributed by atoms with van der Waals surface area (Å²) in [4.78, 5) is 0. The van der Waals surface area contributed by atoms with E-state index in [9.17, 15) is 0 Å². The lowest BCUT2D eigenvalue weighted by Crippen LogP contribution is -2.23. The first kappa shape index (κ1) is 16.8. The highest BCUT2D eigenvalue weighted by atomic mass is 79.9. The molecular formula is C17H18BrCl2N. The Morgan fingerprint density at radius 2 is 1.90 bits per heavy atom. The van der Waals surface area contributed by atoms with Crippen molar-refractivity contribution >= 4 is 39.1 Å². The Balaban J connectivity index is 2.49. The van der Waals surface area contributed by atoms with Gasteiger partial charge >= 0.3 is 0 Å². The molecular weight excluding hydrogens is 369 g/mol. The van der Waals surface area contributed by atoms with Gasteiger partial charge in [-0.25, -0.2) is 0 Å². The van der Waals surface area contributed by atoms with Gasteiger partial charge in [0.15, 0.2) is 0 Å². The van der Waals surface area contributed by atoms with Crippen LogP contribution in [-0.2, 0) is 0 Å². The standard InChI is InChI=1S/C17H18BrCl2N/c1-3-6-21-17(12-7-11(2)8-13(18)9-12)15-10-14(19)4-5-16(15)20/h4-5,7-10,17,21H,3,6H2,1-2H3. The smallest absolute Gasteiger partial charge is 0.0592 e. The molecule has 2 aromatic rings. The van der Waals surface area contributed by atoms with Gasteiger partial charge in [0.1, 0.15) is 0 Å². The highest BCUT2D eigenvalue weighted by Gasteiger charge is 2.17. The van der Waals surface area contributed by atoms with Gasteiger partial charge in [-0.2, -0.15) is 0 Å². The zero-order valence-electron chi connectivity index (χ0n) is 12.1. The lowest BCUT2D eigenvalue weighted by molar-refractivity contribution is 0.598. The summed E-state index contributed by atoms with van der Waals surface area (Å²) in [6, 6.07) is 12.0. The second-order valence-corrected chi connectivity index (χ2v) is 6.87. The third-order valence-electron chi connectivity index (χ3n) is 3.27. The van der Waals surface area contributed by atoms with E-state index in [2.05, 4.69) is 53.3 Å². The quantitative estimate of drug-likeness (QED) is 0.649. The predicted octanol–water partition coefficient (Wildman–Crippen LogP) is 6.15. The van der Waals surface area contributed by atoms with Crippen LogP contribution in [0.3, 0.4) is 0 Å². The Labute approximate surface area is 144 Å². The van der Waals surface area contributed by atoms with Crippen LogP contribution in [0, 0.1) is 6.92 Å². The van der Waals surface area contributed by atoms with Crippen molar-refractivity contribution in [3.8, 4) is 0 Å². The molecule has 0 aliphatic rings. The average Bonchev–Trinajstić information content (AvgIpc) is 2.42. The lowest BCUT2D eigenvalue weighted by Gasteiger charge is -2.22. The molecule has 0 aliphatic carbocycles. The van der Waals surface area contributed by atoms with Crippen LogP contribution in [0.1, 0.15) is 36.1 Å².